The second-order valence-electron chi connectivity index (χ2n) is 6.23. The van der Waals surface area contributed by atoms with E-state index in [0.717, 1.165) is 14.7 Å². The molecule has 2 rings (SSSR count). The van der Waals surface area contributed by atoms with Crippen molar-refractivity contribution in [1.29, 1.82) is 0 Å². The second kappa shape index (κ2) is 10.3. The summed E-state index contributed by atoms with van der Waals surface area (Å²) in [7, 11) is 1.59. The molecule has 6 heteroatoms. The highest BCUT2D eigenvalue weighted by molar-refractivity contribution is 14.1. The Kier molecular flexibility index (Phi) is 8.09. The van der Waals surface area contributed by atoms with Gasteiger partial charge in [0.15, 0.2) is 6.61 Å². The van der Waals surface area contributed by atoms with Crippen molar-refractivity contribution >= 4 is 34.4 Å². The lowest BCUT2D eigenvalue weighted by Crippen LogP contribution is -2.49. The standard InChI is InChI=1S/C21H25IN2O3/c1-4-19(21(26)23-3)24(13-16-8-6-5-7-15(16)2)20(25)14-27-18-11-9-17(22)10-12-18/h5-12,19H,4,13-14H2,1-3H3,(H,23,26)/t19-/m0/s1. The fraction of sp³-hybridized carbons (Fsp3) is 0.333. The summed E-state index contributed by atoms with van der Waals surface area (Å²) in [5.74, 6) is 0.244. The van der Waals surface area contributed by atoms with Crippen molar-refractivity contribution in [3.63, 3.8) is 0 Å². The molecule has 144 valence electrons. The molecule has 0 unspecified atom stereocenters. The molecule has 0 saturated heterocycles. The average Bonchev–Trinajstić information content (AvgIpc) is 2.68. The van der Waals surface area contributed by atoms with Gasteiger partial charge < -0.3 is 15.0 Å². The van der Waals surface area contributed by atoms with Gasteiger partial charge in [-0.2, -0.15) is 0 Å². The molecular weight excluding hydrogens is 455 g/mol. The summed E-state index contributed by atoms with van der Waals surface area (Å²) in [6.45, 7) is 4.16. The van der Waals surface area contributed by atoms with E-state index in [2.05, 4.69) is 27.9 Å². The third-order valence-corrected chi connectivity index (χ3v) is 5.13. The van der Waals surface area contributed by atoms with Gasteiger partial charge in [-0.3, -0.25) is 9.59 Å². The molecule has 5 nitrogen and oxygen atoms in total. The van der Waals surface area contributed by atoms with Crippen molar-refractivity contribution in [2.45, 2.75) is 32.9 Å². The first kappa shape index (κ1) is 21.2. The number of halogens is 1. The first-order chi connectivity index (χ1) is 13.0. The zero-order chi connectivity index (χ0) is 19.8. The molecule has 0 aliphatic heterocycles. The highest BCUT2D eigenvalue weighted by Crippen LogP contribution is 2.17. The van der Waals surface area contributed by atoms with Crippen molar-refractivity contribution in [1.82, 2.24) is 10.2 Å². The topological polar surface area (TPSA) is 58.6 Å². The van der Waals surface area contributed by atoms with Gasteiger partial charge >= 0.3 is 0 Å². The van der Waals surface area contributed by atoms with Gasteiger partial charge in [0.1, 0.15) is 11.8 Å². The van der Waals surface area contributed by atoms with E-state index in [4.69, 9.17) is 4.74 Å². The minimum atomic E-state index is -0.539. The molecule has 2 aromatic rings. The van der Waals surface area contributed by atoms with Gasteiger partial charge in [0.25, 0.3) is 5.91 Å². The van der Waals surface area contributed by atoms with Gasteiger partial charge in [-0.1, -0.05) is 31.2 Å². The zero-order valence-electron chi connectivity index (χ0n) is 15.9. The molecule has 0 aliphatic rings. The number of aryl methyl sites for hydroxylation is 1. The molecule has 0 aromatic heterocycles. The fourth-order valence-electron chi connectivity index (χ4n) is 2.82. The van der Waals surface area contributed by atoms with Crippen LogP contribution in [-0.2, 0) is 16.1 Å². The van der Waals surface area contributed by atoms with Gasteiger partial charge in [-0.25, -0.2) is 0 Å². The monoisotopic (exact) mass is 480 g/mol. The van der Waals surface area contributed by atoms with Gasteiger partial charge in [-0.05, 0) is 71.3 Å². The molecule has 0 radical (unpaired) electrons. The van der Waals surface area contributed by atoms with Crippen LogP contribution in [0.3, 0.4) is 0 Å². The molecular formula is C21H25IN2O3. The molecule has 0 aliphatic carbocycles. The lowest BCUT2D eigenvalue weighted by molar-refractivity contribution is -0.142. The van der Waals surface area contributed by atoms with E-state index < -0.39 is 6.04 Å². The summed E-state index contributed by atoms with van der Waals surface area (Å²) in [5.41, 5.74) is 2.10. The Labute approximate surface area is 174 Å². The number of benzene rings is 2. The SMILES string of the molecule is CC[C@@H](C(=O)NC)N(Cc1ccccc1C)C(=O)COc1ccc(I)cc1. The number of nitrogens with one attached hydrogen (secondary N) is 1. The van der Waals surface area contributed by atoms with E-state index in [-0.39, 0.29) is 18.4 Å². The number of amides is 2. The Balaban J connectivity index is 2.19. The number of hydrogen-bond acceptors (Lipinski definition) is 3. The van der Waals surface area contributed by atoms with Crippen molar-refractivity contribution in [3.8, 4) is 5.75 Å². The molecule has 1 atom stereocenters. The Morgan fingerprint density at radius 1 is 1.15 bits per heavy atom. The van der Waals surface area contributed by atoms with E-state index in [1.54, 1.807) is 11.9 Å². The van der Waals surface area contributed by atoms with Crippen LogP contribution in [0.5, 0.6) is 5.75 Å². The maximum absolute atomic E-state index is 12.9. The number of rotatable bonds is 8. The van der Waals surface area contributed by atoms with Crippen LogP contribution < -0.4 is 10.1 Å². The quantitative estimate of drug-likeness (QED) is 0.589. The molecule has 1 N–H and O–H groups in total. The molecule has 0 heterocycles. The van der Waals surface area contributed by atoms with Crippen LogP contribution in [0.25, 0.3) is 0 Å². The van der Waals surface area contributed by atoms with Crippen LogP contribution in [0.15, 0.2) is 48.5 Å². The minimum absolute atomic E-state index is 0.111. The minimum Gasteiger partial charge on any atom is -0.484 e. The highest BCUT2D eigenvalue weighted by atomic mass is 127. The Bertz CT molecular complexity index is 777. The fourth-order valence-corrected chi connectivity index (χ4v) is 3.18. The number of ether oxygens (including phenoxy) is 1. The van der Waals surface area contributed by atoms with Crippen LogP contribution in [0.2, 0.25) is 0 Å². The predicted octanol–water partition coefficient (Wildman–Crippen LogP) is 3.53. The molecule has 2 aromatic carbocycles. The van der Waals surface area contributed by atoms with Gasteiger partial charge in [0.05, 0.1) is 0 Å². The summed E-state index contributed by atoms with van der Waals surface area (Å²) in [5, 5.41) is 2.66. The number of nitrogens with zero attached hydrogens (tertiary/aromatic N) is 1. The summed E-state index contributed by atoms with van der Waals surface area (Å²) in [6.07, 6.45) is 0.529. The predicted molar refractivity (Wildman–Crippen MR) is 115 cm³/mol. The van der Waals surface area contributed by atoms with Crippen LogP contribution in [-0.4, -0.2) is 36.4 Å². The first-order valence-corrected chi connectivity index (χ1v) is 9.98. The Morgan fingerprint density at radius 3 is 2.41 bits per heavy atom. The number of carbonyl (C=O) groups excluding carboxylic acids is 2. The van der Waals surface area contributed by atoms with Crippen molar-refractivity contribution in [2.24, 2.45) is 0 Å². The molecule has 0 saturated carbocycles. The highest BCUT2D eigenvalue weighted by Gasteiger charge is 2.28. The zero-order valence-corrected chi connectivity index (χ0v) is 18.0. The van der Waals surface area contributed by atoms with E-state index in [1.807, 2.05) is 62.4 Å². The lowest BCUT2D eigenvalue weighted by atomic mass is 10.1. The first-order valence-electron chi connectivity index (χ1n) is 8.90. The lowest BCUT2D eigenvalue weighted by Gasteiger charge is -2.30. The summed E-state index contributed by atoms with van der Waals surface area (Å²) >= 11 is 2.21. The molecule has 0 fully saturated rings. The number of hydrogen-bond donors (Lipinski definition) is 1. The summed E-state index contributed by atoms with van der Waals surface area (Å²) in [4.78, 5) is 26.9. The van der Waals surface area contributed by atoms with Crippen molar-refractivity contribution < 1.29 is 14.3 Å². The molecule has 0 spiro atoms. The van der Waals surface area contributed by atoms with Crippen molar-refractivity contribution in [3.05, 3.63) is 63.2 Å². The normalized spacial score (nSPS) is 11.6. The maximum Gasteiger partial charge on any atom is 0.261 e. The van der Waals surface area contributed by atoms with Crippen LogP contribution in [0, 0.1) is 10.5 Å². The van der Waals surface area contributed by atoms with Gasteiger partial charge in [0.2, 0.25) is 5.91 Å². The molecule has 2 amide bonds. The second-order valence-corrected chi connectivity index (χ2v) is 7.47. The molecule has 27 heavy (non-hydrogen) atoms. The number of likely N-dealkylation sites (N-methyl/N-ethyl adjacent to an activating group) is 1. The average molecular weight is 480 g/mol. The van der Waals surface area contributed by atoms with E-state index in [0.29, 0.717) is 18.7 Å². The van der Waals surface area contributed by atoms with Crippen LogP contribution in [0.4, 0.5) is 0 Å². The molecule has 0 bridgehead atoms. The van der Waals surface area contributed by atoms with E-state index >= 15 is 0 Å². The number of carbonyl (C=O) groups is 2. The van der Waals surface area contributed by atoms with E-state index in [9.17, 15) is 9.59 Å². The third-order valence-electron chi connectivity index (χ3n) is 4.41. The Morgan fingerprint density at radius 2 is 1.81 bits per heavy atom. The summed E-state index contributed by atoms with van der Waals surface area (Å²) < 4.78 is 6.75. The van der Waals surface area contributed by atoms with Gasteiger partial charge in [0, 0.05) is 17.2 Å². The maximum atomic E-state index is 12.9. The summed E-state index contributed by atoms with van der Waals surface area (Å²) in [6, 6.07) is 14.8. The van der Waals surface area contributed by atoms with Crippen LogP contribution >= 0.6 is 22.6 Å². The Hall–Kier alpha value is -2.09. The third kappa shape index (κ3) is 5.95. The van der Waals surface area contributed by atoms with Crippen molar-refractivity contribution in [2.75, 3.05) is 13.7 Å². The largest absolute Gasteiger partial charge is 0.484 e. The van der Waals surface area contributed by atoms with Gasteiger partial charge in [-0.15, -0.1) is 0 Å². The van der Waals surface area contributed by atoms with Crippen LogP contribution in [0.1, 0.15) is 24.5 Å². The smallest absolute Gasteiger partial charge is 0.261 e. The van der Waals surface area contributed by atoms with E-state index in [1.165, 1.54) is 0 Å².